The van der Waals surface area contributed by atoms with Crippen LogP contribution in [-0.2, 0) is 26.2 Å². The molecule has 0 N–H and O–H groups in total. The highest BCUT2D eigenvalue weighted by Crippen LogP contribution is 2.34. The van der Waals surface area contributed by atoms with Crippen LogP contribution in [0.4, 0.5) is 0 Å². The van der Waals surface area contributed by atoms with Gasteiger partial charge in [-0.05, 0) is 62.1 Å². The highest BCUT2D eigenvalue weighted by molar-refractivity contribution is 6.06. The Morgan fingerprint density at radius 1 is 0.368 bits per heavy atom. The van der Waals surface area contributed by atoms with Crippen LogP contribution >= 0.6 is 0 Å². The number of nitrogens with zero attached hydrogens (tertiary/aromatic N) is 4. The Morgan fingerprint density at radius 3 is 0.974 bits per heavy atom. The van der Waals surface area contributed by atoms with Crippen molar-refractivity contribution in [1.82, 2.24) is 18.3 Å². The Bertz CT molecular complexity index is 1450. The molecule has 0 fully saturated rings. The van der Waals surface area contributed by atoms with Crippen LogP contribution in [0.5, 0.6) is 0 Å². The van der Waals surface area contributed by atoms with E-state index in [-0.39, 0.29) is 0 Å². The van der Waals surface area contributed by atoms with Gasteiger partial charge in [-0.25, -0.2) is 0 Å². The van der Waals surface area contributed by atoms with Crippen molar-refractivity contribution in [3.63, 3.8) is 0 Å². The van der Waals surface area contributed by atoms with E-state index < -0.39 is 0 Å². The van der Waals surface area contributed by atoms with Crippen molar-refractivity contribution in [2.45, 2.75) is 105 Å². The predicted octanol–water partition coefficient (Wildman–Crippen LogP) is 9.83. The molecule has 0 bridgehead atoms. The minimum Gasteiger partial charge on any atom is -0.338 e. The first-order valence-electron chi connectivity index (χ1n) is 15.2. The number of hydrogen-bond acceptors (Lipinski definition) is 0. The van der Waals surface area contributed by atoms with Crippen molar-refractivity contribution in [2.75, 3.05) is 0 Å². The summed E-state index contributed by atoms with van der Waals surface area (Å²) in [5, 5.41) is 0. The topological polar surface area (TPSA) is 19.7 Å². The van der Waals surface area contributed by atoms with Gasteiger partial charge in [-0.2, -0.15) is 0 Å². The number of aryl methyl sites for hydroxylation is 4. The Morgan fingerprint density at radius 2 is 0.658 bits per heavy atom. The van der Waals surface area contributed by atoms with Crippen LogP contribution in [0.15, 0.2) is 60.7 Å². The van der Waals surface area contributed by atoms with Crippen molar-refractivity contribution in [3.8, 4) is 0 Å². The lowest BCUT2D eigenvalue weighted by Gasteiger charge is -2.27. The van der Waals surface area contributed by atoms with Crippen molar-refractivity contribution in [3.05, 3.63) is 60.7 Å². The molecule has 0 spiro atoms. The normalized spacial score (nSPS) is 11.9. The van der Waals surface area contributed by atoms with Gasteiger partial charge in [-0.15, -0.1) is 0 Å². The first-order valence-corrected chi connectivity index (χ1v) is 15.2. The molecule has 3 aromatic carbocycles. The highest BCUT2D eigenvalue weighted by Gasteiger charge is 2.19. The van der Waals surface area contributed by atoms with Crippen LogP contribution in [0.2, 0.25) is 0 Å². The molecule has 2 aromatic heterocycles. The Labute approximate surface area is 228 Å². The predicted molar refractivity (Wildman–Crippen MR) is 166 cm³/mol. The molecule has 0 amide bonds. The second-order valence-corrected chi connectivity index (χ2v) is 10.8. The molecular formula is C34H46N4. The van der Waals surface area contributed by atoms with E-state index in [1.807, 2.05) is 0 Å². The van der Waals surface area contributed by atoms with Gasteiger partial charge in [0.2, 0.25) is 0 Å². The molecule has 202 valence electrons. The largest absolute Gasteiger partial charge is 0.338 e. The molecule has 0 saturated heterocycles. The minimum absolute atomic E-state index is 1.04. The molecule has 0 saturated carbocycles. The molecule has 0 atom stereocenters. The summed E-state index contributed by atoms with van der Waals surface area (Å²) in [7, 11) is 0. The summed E-state index contributed by atoms with van der Waals surface area (Å²) in [4.78, 5) is 0. The maximum absolute atomic E-state index is 2.65. The van der Waals surface area contributed by atoms with Crippen molar-refractivity contribution in [2.24, 2.45) is 0 Å². The quantitative estimate of drug-likeness (QED) is 0.118. The SMILES string of the molecule is CCCCn1c2ccccc2n(CCCC)c2c1ccc1c2n(CCCC)c2ccccc2n1CCCC. The average molecular weight is 511 g/mol. The number of para-hydroxylation sites is 4. The van der Waals surface area contributed by atoms with Gasteiger partial charge in [0.05, 0.1) is 44.1 Å². The molecule has 0 aliphatic carbocycles. The summed E-state index contributed by atoms with van der Waals surface area (Å²) in [5.41, 5.74) is 10.9. The van der Waals surface area contributed by atoms with Gasteiger partial charge in [0.1, 0.15) is 0 Å². The number of rotatable bonds is 12. The zero-order chi connectivity index (χ0) is 26.5. The van der Waals surface area contributed by atoms with E-state index in [4.69, 9.17) is 0 Å². The second kappa shape index (κ2) is 12.1. The van der Waals surface area contributed by atoms with Crippen molar-refractivity contribution < 1.29 is 0 Å². The molecule has 4 nitrogen and oxygen atoms in total. The van der Waals surface area contributed by atoms with Gasteiger partial charge in [-0.3, -0.25) is 0 Å². The molecular weight excluding hydrogens is 464 g/mol. The third-order valence-corrected chi connectivity index (χ3v) is 8.10. The molecule has 38 heavy (non-hydrogen) atoms. The highest BCUT2D eigenvalue weighted by atomic mass is 15.1. The van der Waals surface area contributed by atoms with Gasteiger partial charge in [0.15, 0.2) is 0 Å². The zero-order valence-electron chi connectivity index (χ0n) is 24.0. The fourth-order valence-electron chi connectivity index (χ4n) is 6.08. The monoisotopic (exact) mass is 510 g/mol. The first kappa shape index (κ1) is 26.5. The minimum atomic E-state index is 1.04. The maximum atomic E-state index is 2.65. The van der Waals surface area contributed by atoms with Crippen LogP contribution < -0.4 is 0 Å². The van der Waals surface area contributed by atoms with E-state index >= 15 is 0 Å². The Balaban J connectivity index is 2.03. The van der Waals surface area contributed by atoms with Gasteiger partial charge in [0, 0.05) is 26.2 Å². The molecule has 0 aliphatic rings. The average Bonchev–Trinajstić information content (AvgIpc) is 2.96. The second-order valence-electron chi connectivity index (χ2n) is 10.8. The van der Waals surface area contributed by atoms with Crippen LogP contribution in [0.1, 0.15) is 79.1 Å². The standard InChI is InChI=1S/C34H46N4/c1-5-9-23-35-27-17-13-15-19-29(27)37(25-11-7-3)33-31(35)21-22-32-34(33)38(26-12-8-4)30-20-16-14-18-28(30)36(32)24-10-6-2/h13-22H,5-12,23-26H2,1-4H3. The van der Waals surface area contributed by atoms with Crippen LogP contribution in [0.3, 0.4) is 0 Å². The van der Waals surface area contributed by atoms with Gasteiger partial charge in [-0.1, -0.05) is 77.6 Å². The van der Waals surface area contributed by atoms with Crippen LogP contribution in [0.25, 0.3) is 44.1 Å². The number of benzene rings is 3. The molecule has 0 unspecified atom stereocenters. The molecule has 2 heterocycles. The number of hydrogen-bond donors (Lipinski definition) is 0. The smallest absolute Gasteiger partial charge is 0.0915 e. The lowest BCUT2D eigenvalue weighted by molar-refractivity contribution is 0.630. The summed E-state index contributed by atoms with van der Waals surface area (Å²) in [6.45, 7) is 13.4. The lowest BCUT2D eigenvalue weighted by atomic mass is 10.1. The van der Waals surface area contributed by atoms with Crippen molar-refractivity contribution >= 4 is 44.1 Å². The van der Waals surface area contributed by atoms with Crippen molar-refractivity contribution in [1.29, 1.82) is 0 Å². The number of unbranched alkanes of at least 4 members (excludes halogenated alkanes) is 4. The Hall–Kier alpha value is -3.14. The zero-order valence-corrected chi connectivity index (χ0v) is 24.0. The molecule has 0 aliphatic heterocycles. The van der Waals surface area contributed by atoms with Gasteiger partial charge >= 0.3 is 0 Å². The van der Waals surface area contributed by atoms with E-state index in [0.717, 1.165) is 26.2 Å². The van der Waals surface area contributed by atoms with E-state index in [0.29, 0.717) is 0 Å². The first-order chi connectivity index (χ1) is 18.7. The summed E-state index contributed by atoms with van der Waals surface area (Å²) in [6.07, 6.45) is 9.49. The fraction of sp³-hybridized carbons (Fsp3) is 0.471. The third-order valence-electron chi connectivity index (χ3n) is 8.10. The summed E-state index contributed by atoms with van der Waals surface area (Å²) in [5.74, 6) is 0. The summed E-state index contributed by atoms with van der Waals surface area (Å²) < 4.78 is 10.5. The fourth-order valence-corrected chi connectivity index (χ4v) is 6.08. The van der Waals surface area contributed by atoms with E-state index in [9.17, 15) is 0 Å². The van der Waals surface area contributed by atoms with Crippen LogP contribution in [-0.4, -0.2) is 18.3 Å². The number of aromatic nitrogens is 4. The van der Waals surface area contributed by atoms with E-state index in [2.05, 4.69) is 107 Å². The van der Waals surface area contributed by atoms with Gasteiger partial charge in [0.25, 0.3) is 0 Å². The lowest BCUT2D eigenvalue weighted by Crippen LogP contribution is -2.16. The molecule has 5 aromatic rings. The molecule has 5 rings (SSSR count). The molecule has 4 heteroatoms. The Kier molecular flexibility index (Phi) is 8.46. The molecule has 0 radical (unpaired) electrons. The maximum Gasteiger partial charge on any atom is 0.0915 e. The van der Waals surface area contributed by atoms with Crippen LogP contribution in [0, 0.1) is 0 Å². The summed E-state index contributed by atoms with van der Waals surface area (Å²) >= 11 is 0. The third kappa shape index (κ3) is 4.74. The van der Waals surface area contributed by atoms with E-state index in [1.54, 1.807) is 0 Å². The van der Waals surface area contributed by atoms with E-state index in [1.165, 1.54) is 95.5 Å². The number of fused-ring (bicyclic) bond motifs is 5. The summed E-state index contributed by atoms with van der Waals surface area (Å²) in [6, 6.07) is 23.0. The van der Waals surface area contributed by atoms with Gasteiger partial charge < -0.3 is 18.3 Å².